The topological polar surface area (TPSA) is 100 Å². The number of hydrogen-bond donors (Lipinski definition) is 3. The first-order chi connectivity index (χ1) is 13.1. The van der Waals surface area contributed by atoms with Crippen molar-refractivity contribution in [3.63, 3.8) is 0 Å². The highest BCUT2D eigenvalue weighted by Gasteiger charge is 2.06. The van der Waals surface area contributed by atoms with Gasteiger partial charge in [-0.15, -0.1) is 0 Å². The van der Waals surface area contributed by atoms with Crippen LogP contribution in [-0.2, 0) is 9.53 Å². The van der Waals surface area contributed by atoms with Gasteiger partial charge >= 0.3 is 6.09 Å². The number of hydrogen-bond acceptors (Lipinski definition) is 5. The second-order valence-corrected chi connectivity index (χ2v) is 5.30. The van der Waals surface area contributed by atoms with Crippen LogP contribution in [0.25, 0.3) is 0 Å². The van der Waals surface area contributed by atoms with Crippen molar-refractivity contribution in [2.75, 3.05) is 31.2 Å². The van der Waals surface area contributed by atoms with Gasteiger partial charge in [-0.1, -0.05) is 47.6 Å². The Bertz CT molecular complexity index is 485. The van der Waals surface area contributed by atoms with Gasteiger partial charge in [0.2, 0.25) is 11.5 Å². The maximum Gasteiger partial charge on any atom is 0.407 e. The summed E-state index contributed by atoms with van der Waals surface area (Å²) in [7, 11) is 0. The van der Waals surface area contributed by atoms with E-state index in [1.165, 1.54) is 6.07 Å². The summed E-state index contributed by atoms with van der Waals surface area (Å²) in [6, 6.07) is 3.29. The van der Waals surface area contributed by atoms with Crippen LogP contribution in [-0.4, -0.2) is 48.2 Å². The Morgan fingerprint density at radius 2 is 1.56 bits per heavy atom. The average Bonchev–Trinajstić information content (AvgIpc) is 3.21. The zero-order valence-electron chi connectivity index (χ0n) is 17.8. The molecule has 158 valence electrons. The van der Waals surface area contributed by atoms with Gasteiger partial charge in [0, 0.05) is 24.6 Å². The van der Waals surface area contributed by atoms with Gasteiger partial charge in [-0.25, -0.2) is 4.79 Å². The lowest BCUT2D eigenvalue weighted by Crippen LogP contribution is -2.31. The maximum atomic E-state index is 10.4. The molecule has 27 heavy (non-hydrogen) atoms. The lowest BCUT2D eigenvalue weighted by Gasteiger charge is -2.08. The smallest absolute Gasteiger partial charge is 0.407 e. The standard InChI is InChI=1S/C6H7NO.C4H7NOS.C3H5NO2.3C2H6/c1-5-2-3-6(8)7-4-5;6-4-3-7-2-1-5-4;5-3-4-1-2-6-3;3*1-2/h2-4H,1H3,(H,7,8);1-3H2,(H,5,6);1-2H2,(H,4,5);3*1-2H3. The highest BCUT2D eigenvalue weighted by Crippen LogP contribution is 2.00. The average molecular weight is 404 g/mol. The molecule has 2 saturated heterocycles. The molecule has 2 aliphatic rings. The van der Waals surface area contributed by atoms with Gasteiger partial charge in [-0.2, -0.15) is 11.8 Å². The zero-order chi connectivity index (χ0) is 21.5. The number of cyclic esters (lactones) is 1. The van der Waals surface area contributed by atoms with E-state index in [4.69, 9.17) is 0 Å². The SMILES string of the molecule is CC.CC.CC.Cc1ccc(=O)[nH]c1.O=C1CSCCN1.O=C1NCCO1. The lowest BCUT2D eigenvalue weighted by molar-refractivity contribution is -0.118. The number of pyridine rings is 1. The molecule has 0 aliphatic carbocycles. The third-order valence-electron chi connectivity index (χ3n) is 2.35. The number of H-pyrrole nitrogens is 1. The fourth-order valence-electron chi connectivity index (χ4n) is 1.31. The van der Waals surface area contributed by atoms with Crippen LogP contribution >= 0.6 is 11.8 Å². The van der Waals surface area contributed by atoms with Crippen molar-refractivity contribution < 1.29 is 14.3 Å². The minimum absolute atomic E-state index is 0.0457. The Balaban J connectivity index is -0.000000282. The Morgan fingerprint density at radius 3 is 1.78 bits per heavy atom. The molecule has 0 atom stereocenters. The molecule has 0 saturated carbocycles. The number of rotatable bonds is 0. The molecule has 0 bridgehead atoms. The summed E-state index contributed by atoms with van der Waals surface area (Å²) < 4.78 is 4.40. The van der Waals surface area contributed by atoms with Gasteiger partial charge in [0.15, 0.2) is 0 Å². The quantitative estimate of drug-likeness (QED) is 0.617. The molecule has 3 N–H and O–H groups in total. The molecular formula is C19H37N3O4S. The van der Waals surface area contributed by atoms with E-state index >= 15 is 0 Å². The normalized spacial score (nSPS) is 13.3. The number of nitrogens with one attached hydrogen (secondary N) is 3. The molecule has 2 amide bonds. The summed E-state index contributed by atoms with van der Waals surface area (Å²) in [5.41, 5.74) is 1.03. The second kappa shape index (κ2) is 24.0. The minimum atomic E-state index is -0.296. The third-order valence-corrected chi connectivity index (χ3v) is 3.31. The predicted molar refractivity (Wildman–Crippen MR) is 116 cm³/mol. The van der Waals surface area contributed by atoms with Gasteiger partial charge in [0.1, 0.15) is 6.61 Å². The van der Waals surface area contributed by atoms with Crippen molar-refractivity contribution in [2.24, 2.45) is 0 Å². The summed E-state index contributed by atoms with van der Waals surface area (Å²) in [6.45, 7) is 16.0. The Kier molecular flexibility index (Phi) is 26.5. The molecule has 0 unspecified atom stereocenters. The fourth-order valence-corrected chi connectivity index (χ4v) is 1.99. The fraction of sp³-hybridized carbons (Fsp3) is 0.632. The van der Waals surface area contributed by atoms with E-state index in [1.54, 1.807) is 24.0 Å². The van der Waals surface area contributed by atoms with Gasteiger partial charge in [-0.3, -0.25) is 9.59 Å². The Labute approximate surface area is 168 Å². The minimum Gasteiger partial charge on any atom is -0.448 e. The molecule has 0 aromatic carbocycles. The van der Waals surface area contributed by atoms with E-state index in [0.717, 1.165) is 17.9 Å². The van der Waals surface area contributed by atoms with Crippen LogP contribution in [0.4, 0.5) is 4.79 Å². The van der Waals surface area contributed by atoms with E-state index < -0.39 is 0 Å². The maximum absolute atomic E-state index is 10.4. The van der Waals surface area contributed by atoms with Crippen LogP contribution in [0, 0.1) is 6.92 Å². The number of aromatic nitrogens is 1. The first kappa shape index (κ1) is 29.8. The number of thioether (sulfide) groups is 1. The zero-order valence-corrected chi connectivity index (χ0v) is 18.6. The molecule has 0 spiro atoms. The Hall–Kier alpha value is -1.96. The highest BCUT2D eigenvalue weighted by atomic mass is 32.2. The molecular weight excluding hydrogens is 366 g/mol. The van der Waals surface area contributed by atoms with Crippen LogP contribution in [0.3, 0.4) is 0 Å². The van der Waals surface area contributed by atoms with Crippen LogP contribution in [0.5, 0.6) is 0 Å². The van der Waals surface area contributed by atoms with Crippen molar-refractivity contribution in [1.29, 1.82) is 0 Å². The number of alkyl carbamates (subject to hydrolysis) is 1. The number of ether oxygens (including phenoxy) is 1. The monoisotopic (exact) mass is 403 g/mol. The molecule has 2 fully saturated rings. The molecule has 3 rings (SSSR count). The summed E-state index contributed by atoms with van der Waals surface area (Å²) >= 11 is 1.69. The van der Waals surface area contributed by atoms with Crippen molar-refractivity contribution in [3.05, 3.63) is 34.2 Å². The summed E-state index contributed by atoms with van der Waals surface area (Å²) in [5, 5.41) is 5.18. The predicted octanol–water partition coefficient (Wildman–Crippen LogP) is 3.34. The molecule has 0 radical (unpaired) electrons. The number of amides is 2. The van der Waals surface area contributed by atoms with Crippen LogP contribution in [0.1, 0.15) is 47.1 Å². The van der Waals surface area contributed by atoms with Gasteiger partial charge < -0.3 is 20.4 Å². The summed E-state index contributed by atoms with van der Waals surface area (Å²) in [5.74, 6) is 1.91. The molecule has 8 heteroatoms. The number of aryl methyl sites for hydroxylation is 1. The molecule has 1 aromatic rings. The van der Waals surface area contributed by atoms with Crippen LogP contribution < -0.4 is 16.2 Å². The summed E-state index contributed by atoms with van der Waals surface area (Å²) in [6.07, 6.45) is 1.39. The lowest BCUT2D eigenvalue weighted by atomic mass is 10.3. The van der Waals surface area contributed by atoms with Crippen molar-refractivity contribution in [1.82, 2.24) is 15.6 Å². The first-order valence-electron chi connectivity index (χ1n) is 9.48. The largest absolute Gasteiger partial charge is 0.448 e. The molecule has 1 aromatic heterocycles. The highest BCUT2D eigenvalue weighted by molar-refractivity contribution is 8.00. The molecule has 7 nitrogen and oxygen atoms in total. The Morgan fingerprint density at radius 1 is 0.926 bits per heavy atom. The van der Waals surface area contributed by atoms with Gasteiger partial charge in [-0.05, 0) is 12.5 Å². The van der Waals surface area contributed by atoms with E-state index in [9.17, 15) is 14.4 Å². The summed E-state index contributed by atoms with van der Waals surface area (Å²) in [4.78, 5) is 33.2. The van der Waals surface area contributed by atoms with Crippen LogP contribution in [0.2, 0.25) is 0 Å². The van der Waals surface area contributed by atoms with E-state index in [1.807, 2.05) is 48.5 Å². The first-order valence-corrected chi connectivity index (χ1v) is 10.6. The van der Waals surface area contributed by atoms with E-state index in [-0.39, 0.29) is 17.6 Å². The van der Waals surface area contributed by atoms with Crippen molar-refractivity contribution >= 4 is 23.8 Å². The van der Waals surface area contributed by atoms with Crippen molar-refractivity contribution in [2.45, 2.75) is 48.5 Å². The van der Waals surface area contributed by atoms with Crippen molar-refractivity contribution in [3.8, 4) is 0 Å². The number of aromatic amines is 1. The third kappa shape index (κ3) is 22.0. The number of carbonyl (C=O) groups excluding carboxylic acids is 2. The van der Waals surface area contributed by atoms with Gasteiger partial charge in [0.25, 0.3) is 0 Å². The second-order valence-electron chi connectivity index (χ2n) is 4.20. The van der Waals surface area contributed by atoms with E-state index in [0.29, 0.717) is 18.9 Å². The van der Waals surface area contributed by atoms with Crippen LogP contribution in [0.15, 0.2) is 23.1 Å². The number of carbonyl (C=O) groups is 2. The van der Waals surface area contributed by atoms with E-state index in [2.05, 4.69) is 20.4 Å². The molecule has 2 aliphatic heterocycles. The molecule has 3 heterocycles. The van der Waals surface area contributed by atoms with Gasteiger partial charge in [0.05, 0.1) is 12.3 Å².